The van der Waals surface area contributed by atoms with E-state index in [1.54, 1.807) is 18.2 Å². The summed E-state index contributed by atoms with van der Waals surface area (Å²) in [6.45, 7) is -0.148. The van der Waals surface area contributed by atoms with Gasteiger partial charge in [0.15, 0.2) is 5.78 Å². The van der Waals surface area contributed by atoms with Gasteiger partial charge in [-0.1, -0.05) is 23.2 Å². The number of hydrogen-bond donors (Lipinski definition) is 0. The van der Waals surface area contributed by atoms with Crippen LogP contribution in [0.1, 0.15) is 10.4 Å². The number of methoxy groups -OCH3 is 1. The molecule has 0 fully saturated rings. The highest BCUT2D eigenvalue weighted by atomic mass is 79.9. The molecule has 1 heterocycles. The topological polar surface area (TPSA) is 61.2 Å². The maximum atomic E-state index is 12.6. The lowest BCUT2D eigenvalue weighted by atomic mass is 10.1. The number of fused-ring (bicyclic) bond motifs is 1. The van der Waals surface area contributed by atoms with Gasteiger partial charge in [0.05, 0.1) is 40.4 Å². The molecule has 0 unspecified atom stereocenters. The molecule has 0 atom stereocenters. The number of rotatable bonds is 4. The zero-order valence-corrected chi connectivity index (χ0v) is 16.0. The Labute approximate surface area is 161 Å². The van der Waals surface area contributed by atoms with Crippen molar-refractivity contribution in [3.05, 3.63) is 67.1 Å². The quantitative estimate of drug-likeness (QED) is 0.564. The number of carbonyl (C=O) groups is 1. The molecule has 0 saturated heterocycles. The van der Waals surface area contributed by atoms with Crippen molar-refractivity contribution in [3.8, 4) is 5.75 Å². The minimum Gasteiger partial charge on any atom is -0.496 e. The van der Waals surface area contributed by atoms with Crippen LogP contribution in [0.5, 0.6) is 5.75 Å². The molecule has 0 N–H and O–H groups in total. The Hall–Kier alpha value is -1.89. The first-order chi connectivity index (χ1) is 11.9. The second kappa shape index (κ2) is 7.15. The zero-order chi connectivity index (χ0) is 18.1. The summed E-state index contributed by atoms with van der Waals surface area (Å²) in [5, 5.41) is 0.889. The highest BCUT2D eigenvalue weighted by Gasteiger charge is 2.13. The first-order valence-electron chi connectivity index (χ1n) is 7.11. The average Bonchev–Trinajstić information content (AvgIpc) is 2.57. The number of ether oxygens (including phenoxy) is 1. The summed E-state index contributed by atoms with van der Waals surface area (Å²) in [4.78, 5) is 29.2. The lowest BCUT2D eigenvalue weighted by Crippen LogP contribution is -2.24. The van der Waals surface area contributed by atoms with Crippen LogP contribution in [-0.2, 0) is 6.54 Å². The van der Waals surface area contributed by atoms with Crippen LogP contribution in [0.3, 0.4) is 0 Å². The van der Waals surface area contributed by atoms with Gasteiger partial charge in [-0.25, -0.2) is 4.98 Å². The van der Waals surface area contributed by atoms with E-state index in [1.807, 2.05) is 0 Å². The maximum Gasteiger partial charge on any atom is 0.261 e. The molecule has 8 heteroatoms. The number of benzene rings is 2. The van der Waals surface area contributed by atoms with Crippen molar-refractivity contribution in [2.75, 3.05) is 7.11 Å². The van der Waals surface area contributed by atoms with Crippen LogP contribution in [0.2, 0.25) is 10.0 Å². The largest absolute Gasteiger partial charge is 0.496 e. The van der Waals surface area contributed by atoms with E-state index in [4.69, 9.17) is 27.9 Å². The van der Waals surface area contributed by atoms with Crippen molar-refractivity contribution in [2.45, 2.75) is 6.54 Å². The Morgan fingerprint density at radius 2 is 2.04 bits per heavy atom. The van der Waals surface area contributed by atoms with Crippen LogP contribution in [0.25, 0.3) is 10.9 Å². The van der Waals surface area contributed by atoms with Gasteiger partial charge in [0.2, 0.25) is 0 Å². The third-order valence-electron chi connectivity index (χ3n) is 3.63. The average molecular weight is 442 g/mol. The molecule has 2 aromatic carbocycles. The Balaban J connectivity index is 1.98. The first-order valence-corrected chi connectivity index (χ1v) is 8.66. The van der Waals surface area contributed by atoms with Gasteiger partial charge in [-0.2, -0.15) is 0 Å². The van der Waals surface area contributed by atoms with Crippen LogP contribution in [-0.4, -0.2) is 22.4 Å². The van der Waals surface area contributed by atoms with Crippen molar-refractivity contribution in [1.82, 2.24) is 9.55 Å². The molecule has 0 bridgehead atoms. The van der Waals surface area contributed by atoms with Crippen LogP contribution in [0.4, 0.5) is 0 Å². The standard InChI is InChI=1S/C17H11BrCl2N2O3/c1-25-15-3-2-9(4-12(15)18)14(23)7-22-8-21-16-11(17(22)24)5-10(19)6-13(16)20/h2-6,8H,7H2,1H3. The maximum absolute atomic E-state index is 12.6. The second-order valence-electron chi connectivity index (χ2n) is 5.23. The number of Topliss-reactive ketones (excluding diaryl/α,β-unsaturated/α-hetero) is 1. The number of nitrogens with zero attached hydrogens (tertiary/aromatic N) is 2. The van der Waals surface area contributed by atoms with Gasteiger partial charge in [-0.05, 0) is 46.3 Å². The van der Waals surface area contributed by atoms with Crippen molar-refractivity contribution >= 4 is 55.8 Å². The lowest BCUT2D eigenvalue weighted by Gasteiger charge is -2.09. The molecule has 0 aliphatic heterocycles. The third kappa shape index (κ3) is 3.56. The van der Waals surface area contributed by atoms with E-state index in [0.29, 0.717) is 26.3 Å². The van der Waals surface area contributed by atoms with Gasteiger partial charge in [-0.15, -0.1) is 0 Å². The van der Waals surface area contributed by atoms with E-state index in [1.165, 1.54) is 30.1 Å². The lowest BCUT2D eigenvalue weighted by molar-refractivity contribution is 0.0970. The summed E-state index contributed by atoms with van der Waals surface area (Å²) < 4.78 is 7.03. The summed E-state index contributed by atoms with van der Waals surface area (Å²) in [6, 6.07) is 7.97. The molecule has 1 aromatic heterocycles. The number of carbonyl (C=O) groups excluding carboxylic acids is 1. The fourth-order valence-electron chi connectivity index (χ4n) is 2.39. The molecule has 128 valence electrons. The SMILES string of the molecule is COc1ccc(C(=O)Cn2cnc3c(Cl)cc(Cl)cc3c2=O)cc1Br. The van der Waals surface area contributed by atoms with E-state index >= 15 is 0 Å². The van der Waals surface area contributed by atoms with E-state index in [9.17, 15) is 9.59 Å². The molecular formula is C17H11BrCl2N2O3. The molecule has 25 heavy (non-hydrogen) atoms. The molecule has 0 spiro atoms. The van der Waals surface area contributed by atoms with Crippen molar-refractivity contribution in [1.29, 1.82) is 0 Å². The highest BCUT2D eigenvalue weighted by Crippen LogP contribution is 2.26. The van der Waals surface area contributed by atoms with Crippen LogP contribution in [0, 0.1) is 0 Å². The fraction of sp³-hybridized carbons (Fsp3) is 0.118. The Kier molecular flexibility index (Phi) is 5.13. The van der Waals surface area contributed by atoms with Gasteiger partial charge in [0, 0.05) is 10.6 Å². The molecule has 0 aliphatic carbocycles. The predicted octanol–water partition coefficient (Wildman–Crippen LogP) is 4.36. The molecule has 3 aromatic rings. The summed E-state index contributed by atoms with van der Waals surface area (Å²) >= 11 is 15.3. The number of hydrogen-bond acceptors (Lipinski definition) is 4. The third-order valence-corrected chi connectivity index (χ3v) is 4.76. The monoisotopic (exact) mass is 440 g/mol. The first kappa shape index (κ1) is 17.9. The molecule has 3 rings (SSSR count). The summed E-state index contributed by atoms with van der Waals surface area (Å²) in [5.74, 6) is 0.380. The minimum absolute atomic E-state index is 0.148. The molecular weight excluding hydrogens is 431 g/mol. The summed E-state index contributed by atoms with van der Waals surface area (Å²) in [7, 11) is 1.54. The van der Waals surface area contributed by atoms with E-state index in [2.05, 4.69) is 20.9 Å². The molecule has 0 amide bonds. The van der Waals surface area contributed by atoms with Crippen LogP contribution in [0.15, 0.2) is 45.9 Å². The van der Waals surface area contributed by atoms with Crippen LogP contribution < -0.4 is 10.3 Å². The van der Waals surface area contributed by atoms with Crippen LogP contribution >= 0.6 is 39.1 Å². The highest BCUT2D eigenvalue weighted by molar-refractivity contribution is 9.10. The number of halogens is 3. The molecule has 5 nitrogen and oxygen atoms in total. The summed E-state index contributed by atoms with van der Waals surface area (Å²) in [6.07, 6.45) is 1.31. The minimum atomic E-state index is -0.379. The smallest absolute Gasteiger partial charge is 0.261 e. The van der Waals surface area contributed by atoms with Gasteiger partial charge in [0.1, 0.15) is 5.75 Å². The predicted molar refractivity (Wildman–Crippen MR) is 101 cm³/mol. The Morgan fingerprint density at radius 3 is 2.72 bits per heavy atom. The normalized spacial score (nSPS) is 10.9. The van der Waals surface area contributed by atoms with E-state index in [-0.39, 0.29) is 28.3 Å². The van der Waals surface area contributed by atoms with Gasteiger partial charge < -0.3 is 4.74 Å². The Bertz CT molecular complexity index is 1050. The van der Waals surface area contributed by atoms with E-state index in [0.717, 1.165) is 0 Å². The van der Waals surface area contributed by atoms with E-state index < -0.39 is 0 Å². The summed E-state index contributed by atoms with van der Waals surface area (Å²) in [5.41, 5.74) is 0.422. The zero-order valence-electron chi connectivity index (χ0n) is 12.9. The van der Waals surface area contributed by atoms with Crippen molar-refractivity contribution < 1.29 is 9.53 Å². The molecule has 0 radical (unpaired) electrons. The van der Waals surface area contributed by atoms with Crippen molar-refractivity contribution in [3.63, 3.8) is 0 Å². The van der Waals surface area contributed by atoms with Gasteiger partial charge >= 0.3 is 0 Å². The number of ketones is 1. The van der Waals surface area contributed by atoms with Crippen molar-refractivity contribution in [2.24, 2.45) is 0 Å². The molecule has 0 saturated carbocycles. The second-order valence-corrected chi connectivity index (χ2v) is 6.93. The Morgan fingerprint density at radius 1 is 1.28 bits per heavy atom. The fourth-order valence-corrected chi connectivity index (χ4v) is 3.48. The van der Waals surface area contributed by atoms with Gasteiger partial charge in [0.25, 0.3) is 5.56 Å². The van der Waals surface area contributed by atoms with Gasteiger partial charge in [-0.3, -0.25) is 14.2 Å². The number of aromatic nitrogens is 2. The molecule has 0 aliphatic rings.